The molecule has 1 saturated heterocycles. The van der Waals surface area contributed by atoms with Gasteiger partial charge in [0.05, 0.1) is 12.0 Å². The lowest BCUT2D eigenvalue weighted by Gasteiger charge is -2.15. The molecule has 1 aliphatic heterocycles. The van der Waals surface area contributed by atoms with Crippen molar-refractivity contribution < 1.29 is 14.6 Å². The van der Waals surface area contributed by atoms with Crippen molar-refractivity contribution in [3.05, 3.63) is 0 Å². The van der Waals surface area contributed by atoms with E-state index in [2.05, 4.69) is 0 Å². The first-order chi connectivity index (χ1) is 5.61. The molecule has 1 fully saturated rings. The first-order valence-corrected chi connectivity index (χ1v) is 4.45. The average Bonchev–Trinajstić information content (AvgIpc) is 2.36. The van der Waals surface area contributed by atoms with Crippen molar-refractivity contribution in [2.45, 2.75) is 32.8 Å². The molecule has 1 aliphatic rings. The summed E-state index contributed by atoms with van der Waals surface area (Å²) in [6, 6.07) is 0. The quantitative estimate of drug-likeness (QED) is 0.702. The van der Waals surface area contributed by atoms with Crippen LogP contribution in [0.15, 0.2) is 0 Å². The minimum atomic E-state index is -0.700. The highest BCUT2D eigenvalue weighted by atomic mass is 16.5. The standard InChI is InChI=1S/C9H16O3/c1-6(9(10)11)5-8-3-4-12-7(8)2/h6-8H,3-5H2,1-2H3,(H,10,11). The topological polar surface area (TPSA) is 46.5 Å². The van der Waals surface area contributed by atoms with Crippen LogP contribution in [0.3, 0.4) is 0 Å². The Balaban J connectivity index is 2.35. The number of rotatable bonds is 3. The van der Waals surface area contributed by atoms with Gasteiger partial charge in [-0.2, -0.15) is 0 Å². The summed E-state index contributed by atoms with van der Waals surface area (Å²) < 4.78 is 5.35. The molecule has 70 valence electrons. The molecule has 12 heavy (non-hydrogen) atoms. The summed E-state index contributed by atoms with van der Waals surface area (Å²) in [6.45, 7) is 4.57. The van der Waals surface area contributed by atoms with Crippen LogP contribution < -0.4 is 0 Å². The van der Waals surface area contributed by atoms with E-state index in [1.54, 1.807) is 6.92 Å². The molecule has 0 aromatic heterocycles. The second kappa shape index (κ2) is 3.90. The van der Waals surface area contributed by atoms with Crippen molar-refractivity contribution >= 4 is 5.97 Å². The molecular weight excluding hydrogens is 156 g/mol. The molecule has 0 amide bonds. The molecule has 0 aliphatic carbocycles. The summed E-state index contributed by atoms with van der Waals surface area (Å²) in [5.41, 5.74) is 0. The summed E-state index contributed by atoms with van der Waals surface area (Å²) in [5.74, 6) is -0.496. The van der Waals surface area contributed by atoms with Crippen molar-refractivity contribution in [2.24, 2.45) is 11.8 Å². The molecule has 3 nitrogen and oxygen atoms in total. The lowest BCUT2D eigenvalue weighted by atomic mass is 9.91. The van der Waals surface area contributed by atoms with Gasteiger partial charge in [-0.3, -0.25) is 4.79 Å². The predicted octanol–water partition coefficient (Wildman–Crippen LogP) is 1.52. The zero-order valence-electron chi connectivity index (χ0n) is 7.62. The highest BCUT2D eigenvalue weighted by Gasteiger charge is 2.27. The smallest absolute Gasteiger partial charge is 0.306 e. The summed E-state index contributed by atoms with van der Waals surface area (Å²) in [7, 11) is 0. The van der Waals surface area contributed by atoms with Crippen molar-refractivity contribution in [3.63, 3.8) is 0 Å². The molecular formula is C9H16O3. The van der Waals surface area contributed by atoms with Crippen LogP contribution in [0.2, 0.25) is 0 Å². The average molecular weight is 172 g/mol. The van der Waals surface area contributed by atoms with Crippen molar-refractivity contribution in [1.82, 2.24) is 0 Å². The van der Waals surface area contributed by atoms with E-state index in [-0.39, 0.29) is 12.0 Å². The molecule has 0 radical (unpaired) electrons. The highest BCUT2D eigenvalue weighted by Crippen LogP contribution is 2.26. The molecule has 0 spiro atoms. The fourth-order valence-electron chi connectivity index (χ4n) is 1.64. The number of aliphatic carboxylic acids is 1. The molecule has 3 unspecified atom stereocenters. The number of carboxylic acids is 1. The third-order valence-corrected chi connectivity index (χ3v) is 2.61. The van der Waals surface area contributed by atoms with Gasteiger partial charge in [-0.05, 0) is 25.7 Å². The van der Waals surface area contributed by atoms with Gasteiger partial charge in [0.2, 0.25) is 0 Å². The Labute approximate surface area is 72.7 Å². The SMILES string of the molecule is CC(CC1CCOC1C)C(=O)O. The van der Waals surface area contributed by atoms with Crippen LogP contribution in [0, 0.1) is 11.8 Å². The number of hydrogen-bond acceptors (Lipinski definition) is 2. The molecule has 3 heteroatoms. The maximum atomic E-state index is 10.6. The molecule has 0 aromatic rings. The Morgan fingerprint density at radius 2 is 2.42 bits per heavy atom. The van der Waals surface area contributed by atoms with Crippen LogP contribution in [-0.4, -0.2) is 23.8 Å². The minimum Gasteiger partial charge on any atom is -0.481 e. The summed E-state index contributed by atoms with van der Waals surface area (Å²) in [4.78, 5) is 10.6. The van der Waals surface area contributed by atoms with Gasteiger partial charge in [0.15, 0.2) is 0 Å². The number of ether oxygens (including phenoxy) is 1. The number of carboxylic acid groups (broad SMARTS) is 1. The van der Waals surface area contributed by atoms with E-state index >= 15 is 0 Å². The summed E-state index contributed by atoms with van der Waals surface area (Å²) in [5, 5.41) is 8.69. The van der Waals surface area contributed by atoms with Gasteiger partial charge in [0.25, 0.3) is 0 Å². The maximum Gasteiger partial charge on any atom is 0.306 e. The van der Waals surface area contributed by atoms with Gasteiger partial charge < -0.3 is 9.84 Å². The Hall–Kier alpha value is -0.570. The van der Waals surface area contributed by atoms with Crippen LogP contribution in [0.5, 0.6) is 0 Å². The minimum absolute atomic E-state index is 0.237. The fraction of sp³-hybridized carbons (Fsp3) is 0.889. The van der Waals surface area contributed by atoms with Crippen molar-refractivity contribution in [2.75, 3.05) is 6.61 Å². The van der Waals surface area contributed by atoms with E-state index in [1.165, 1.54) is 0 Å². The first-order valence-electron chi connectivity index (χ1n) is 4.45. The monoisotopic (exact) mass is 172 g/mol. The van der Waals surface area contributed by atoms with Gasteiger partial charge in [0, 0.05) is 6.61 Å². The lowest BCUT2D eigenvalue weighted by Crippen LogP contribution is -2.19. The molecule has 0 aromatic carbocycles. The largest absolute Gasteiger partial charge is 0.481 e. The normalized spacial score (nSPS) is 31.8. The fourth-order valence-corrected chi connectivity index (χ4v) is 1.64. The lowest BCUT2D eigenvalue weighted by molar-refractivity contribution is -0.141. The zero-order chi connectivity index (χ0) is 9.14. The van der Waals surface area contributed by atoms with E-state index in [4.69, 9.17) is 9.84 Å². The van der Waals surface area contributed by atoms with E-state index in [1.807, 2.05) is 6.92 Å². The van der Waals surface area contributed by atoms with Crippen LogP contribution in [0.4, 0.5) is 0 Å². The van der Waals surface area contributed by atoms with Gasteiger partial charge in [0.1, 0.15) is 0 Å². The van der Waals surface area contributed by atoms with Gasteiger partial charge >= 0.3 is 5.97 Å². The van der Waals surface area contributed by atoms with Gasteiger partial charge in [-0.25, -0.2) is 0 Å². The van der Waals surface area contributed by atoms with Crippen molar-refractivity contribution in [3.8, 4) is 0 Å². The molecule has 3 atom stereocenters. The van der Waals surface area contributed by atoms with Crippen molar-refractivity contribution in [1.29, 1.82) is 0 Å². The Morgan fingerprint density at radius 1 is 1.75 bits per heavy atom. The third kappa shape index (κ3) is 2.21. The van der Waals surface area contributed by atoms with E-state index < -0.39 is 5.97 Å². The van der Waals surface area contributed by atoms with E-state index in [9.17, 15) is 4.79 Å². The van der Waals surface area contributed by atoms with Crippen LogP contribution in [-0.2, 0) is 9.53 Å². The molecule has 1 heterocycles. The number of carbonyl (C=O) groups is 1. The van der Waals surface area contributed by atoms with Crippen LogP contribution in [0.1, 0.15) is 26.7 Å². The second-order valence-electron chi connectivity index (χ2n) is 3.60. The predicted molar refractivity (Wildman–Crippen MR) is 44.9 cm³/mol. The Morgan fingerprint density at radius 3 is 2.83 bits per heavy atom. The van der Waals surface area contributed by atoms with Crippen LogP contribution in [0.25, 0.3) is 0 Å². The third-order valence-electron chi connectivity index (χ3n) is 2.61. The second-order valence-corrected chi connectivity index (χ2v) is 3.60. The summed E-state index contributed by atoms with van der Waals surface area (Å²) in [6.07, 6.45) is 2.00. The van der Waals surface area contributed by atoms with Crippen LogP contribution >= 0.6 is 0 Å². The Kier molecular flexibility index (Phi) is 3.09. The number of hydrogen-bond donors (Lipinski definition) is 1. The first kappa shape index (κ1) is 9.52. The zero-order valence-corrected chi connectivity index (χ0v) is 7.62. The van der Waals surface area contributed by atoms with E-state index in [0.29, 0.717) is 5.92 Å². The Bertz CT molecular complexity index is 167. The molecule has 0 bridgehead atoms. The van der Waals surface area contributed by atoms with E-state index in [0.717, 1.165) is 19.4 Å². The summed E-state index contributed by atoms with van der Waals surface area (Å²) >= 11 is 0. The molecule has 1 rings (SSSR count). The maximum absolute atomic E-state index is 10.6. The van der Waals surface area contributed by atoms with Gasteiger partial charge in [-0.15, -0.1) is 0 Å². The highest BCUT2D eigenvalue weighted by molar-refractivity contribution is 5.69. The molecule has 0 saturated carbocycles. The van der Waals surface area contributed by atoms with Gasteiger partial charge in [-0.1, -0.05) is 6.92 Å². The molecule has 1 N–H and O–H groups in total.